The first-order valence-electron chi connectivity index (χ1n) is 5.27. The number of benzene rings is 1. The van der Waals surface area contributed by atoms with Gasteiger partial charge < -0.3 is 9.84 Å². The molecule has 17 heavy (non-hydrogen) atoms. The number of methoxy groups -OCH3 is 1. The quantitative estimate of drug-likeness (QED) is 0.355. The third-order valence-electron chi connectivity index (χ3n) is 2.23. The lowest BCUT2D eigenvalue weighted by atomic mass is 10.1. The monoisotopic (exact) mass is 233 g/mol. The van der Waals surface area contributed by atoms with Gasteiger partial charge in [0.05, 0.1) is 13.7 Å². The van der Waals surface area contributed by atoms with Gasteiger partial charge in [-0.2, -0.15) is 0 Å². The van der Waals surface area contributed by atoms with Crippen LogP contribution in [0.4, 0.5) is 0 Å². The summed E-state index contributed by atoms with van der Waals surface area (Å²) < 4.78 is 5.21. The molecule has 0 radical (unpaired) electrons. The van der Waals surface area contributed by atoms with Gasteiger partial charge in [0.1, 0.15) is 5.75 Å². The maximum Gasteiger partial charge on any atom is 0.126 e. The molecule has 0 aliphatic rings. The third-order valence-corrected chi connectivity index (χ3v) is 2.23. The first-order chi connectivity index (χ1) is 8.31. The molecule has 0 spiro atoms. The molecule has 0 amide bonds. The standard InChI is InChI=1S/C12H15N3O2/c1-17-12-6-5-10(9-16)8-11(12)4-2-3-7-14-15-13/h2,4-6,8,16H,3,7,9H2,1H3. The Bertz CT molecular complexity index is 437. The molecule has 1 N–H and O–H groups in total. The highest BCUT2D eigenvalue weighted by Gasteiger charge is 2.00. The van der Waals surface area contributed by atoms with Gasteiger partial charge in [0.25, 0.3) is 0 Å². The normalized spacial score (nSPS) is 10.2. The summed E-state index contributed by atoms with van der Waals surface area (Å²) in [6.07, 6.45) is 4.48. The van der Waals surface area contributed by atoms with Crippen molar-refractivity contribution < 1.29 is 9.84 Å². The summed E-state index contributed by atoms with van der Waals surface area (Å²) in [5, 5.41) is 12.5. The summed E-state index contributed by atoms with van der Waals surface area (Å²) in [6, 6.07) is 5.50. The minimum Gasteiger partial charge on any atom is -0.496 e. The number of ether oxygens (including phenoxy) is 1. The van der Waals surface area contributed by atoms with Crippen molar-refractivity contribution >= 4 is 6.08 Å². The molecule has 0 aromatic heterocycles. The van der Waals surface area contributed by atoms with Crippen molar-refractivity contribution in [3.05, 3.63) is 45.8 Å². The Labute approximate surface area is 100.0 Å². The highest BCUT2D eigenvalue weighted by atomic mass is 16.5. The fraction of sp³-hybridized carbons (Fsp3) is 0.333. The maximum absolute atomic E-state index is 9.05. The van der Waals surface area contributed by atoms with Gasteiger partial charge in [-0.25, -0.2) is 0 Å². The van der Waals surface area contributed by atoms with Crippen molar-refractivity contribution in [2.75, 3.05) is 13.7 Å². The first-order valence-corrected chi connectivity index (χ1v) is 5.27. The van der Waals surface area contributed by atoms with Crippen molar-refractivity contribution in [2.45, 2.75) is 13.0 Å². The number of hydrogen-bond acceptors (Lipinski definition) is 3. The van der Waals surface area contributed by atoms with Gasteiger partial charge in [-0.1, -0.05) is 23.3 Å². The van der Waals surface area contributed by atoms with Crippen LogP contribution in [0.5, 0.6) is 5.75 Å². The summed E-state index contributed by atoms with van der Waals surface area (Å²) in [6.45, 7) is 0.443. The Morgan fingerprint density at radius 3 is 3.00 bits per heavy atom. The van der Waals surface area contributed by atoms with Crippen molar-refractivity contribution in [1.29, 1.82) is 0 Å². The topological polar surface area (TPSA) is 78.2 Å². The second-order valence-corrected chi connectivity index (χ2v) is 3.38. The zero-order chi connectivity index (χ0) is 12.5. The molecular weight excluding hydrogens is 218 g/mol. The second kappa shape index (κ2) is 7.33. The van der Waals surface area contributed by atoms with Gasteiger partial charge in [0, 0.05) is 17.0 Å². The average Bonchev–Trinajstić information content (AvgIpc) is 2.38. The number of aliphatic hydroxyl groups is 1. The Hall–Kier alpha value is -1.97. The summed E-state index contributed by atoms with van der Waals surface area (Å²) >= 11 is 0. The number of hydrogen-bond donors (Lipinski definition) is 1. The average molecular weight is 233 g/mol. The van der Waals surface area contributed by atoms with Crippen LogP contribution in [0.3, 0.4) is 0 Å². The van der Waals surface area contributed by atoms with E-state index in [1.165, 1.54) is 0 Å². The van der Waals surface area contributed by atoms with Crippen LogP contribution in [0.25, 0.3) is 16.5 Å². The molecule has 5 nitrogen and oxygen atoms in total. The van der Waals surface area contributed by atoms with E-state index in [-0.39, 0.29) is 6.61 Å². The van der Waals surface area contributed by atoms with Gasteiger partial charge in [-0.3, -0.25) is 0 Å². The fourth-order valence-electron chi connectivity index (χ4n) is 1.40. The minimum absolute atomic E-state index is 0.00353. The molecule has 0 bridgehead atoms. The number of nitrogens with zero attached hydrogens (tertiary/aromatic N) is 3. The summed E-state index contributed by atoms with van der Waals surface area (Å²) in [7, 11) is 1.60. The van der Waals surface area contributed by atoms with Crippen molar-refractivity contribution in [3.8, 4) is 5.75 Å². The molecule has 1 rings (SSSR count). The van der Waals surface area contributed by atoms with E-state index in [0.717, 1.165) is 16.9 Å². The Morgan fingerprint density at radius 1 is 1.53 bits per heavy atom. The molecule has 90 valence electrons. The Kier molecular flexibility index (Phi) is 5.64. The van der Waals surface area contributed by atoms with Gasteiger partial charge in [-0.05, 0) is 29.6 Å². The van der Waals surface area contributed by atoms with E-state index >= 15 is 0 Å². The second-order valence-electron chi connectivity index (χ2n) is 3.38. The van der Waals surface area contributed by atoms with Crippen molar-refractivity contribution in [3.63, 3.8) is 0 Å². The van der Waals surface area contributed by atoms with E-state index in [1.807, 2.05) is 30.4 Å². The lowest BCUT2D eigenvalue weighted by Crippen LogP contribution is -1.90. The van der Waals surface area contributed by atoms with E-state index in [2.05, 4.69) is 10.0 Å². The van der Waals surface area contributed by atoms with Crippen LogP contribution in [-0.4, -0.2) is 18.8 Å². The molecule has 0 saturated heterocycles. The lowest BCUT2D eigenvalue weighted by molar-refractivity contribution is 0.281. The number of rotatable bonds is 6. The van der Waals surface area contributed by atoms with Gasteiger partial charge in [0.2, 0.25) is 0 Å². The first kappa shape index (κ1) is 13.1. The number of aliphatic hydroxyl groups excluding tert-OH is 1. The van der Waals surface area contributed by atoms with E-state index in [4.69, 9.17) is 15.4 Å². The van der Waals surface area contributed by atoms with Gasteiger partial charge in [-0.15, -0.1) is 0 Å². The van der Waals surface area contributed by atoms with Gasteiger partial charge >= 0.3 is 0 Å². The molecule has 1 aromatic rings. The zero-order valence-electron chi connectivity index (χ0n) is 9.71. The van der Waals surface area contributed by atoms with E-state index in [0.29, 0.717) is 13.0 Å². The molecule has 0 aliphatic carbocycles. The predicted molar refractivity (Wildman–Crippen MR) is 66.6 cm³/mol. The molecule has 5 heteroatoms. The minimum atomic E-state index is 0.00353. The highest BCUT2D eigenvalue weighted by molar-refractivity contribution is 5.58. The van der Waals surface area contributed by atoms with Crippen LogP contribution in [0.2, 0.25) is 0 Å². The largest absolute Gasteiger partial charge is 0.496 e. The van der Waals surface area contributed by atoms with Crippen LogP contribution in [0.15, 0.2) is 29.4 Å². The predicted octanol–water partition coefficient (Wildman–Crippen LogP) is 2.90. The summed E-state index contributed by atoms with van der Waals surface area (Å²) in [5.41, 5.74) is 9.86. The molecule has 0 unspecified atom stereocenters. The molecular formula is C12H15N3O2. The third kappa shape index (κ3) is 4.18. The van der Waals surface area contributed by atoms with Crippen LogP contribution < -0.4 is 4.74 Å². The van der Waals surface area contributed by atoms with Crippen LogP contribution in [0.1, 0.15) is 17.5 Å². The molecule has 0 saturated carbocycles. The molecule has 0 heterocycles. The fourth-order valence-corrected chi connectivity index (χ4v) is 1.40. The molecule has 1 aromatic carbocycles. The molecule has 0 atom stereocenters. The molecule has 0 fully saturated rings. The van der Waals surface area contributed by atoms with Crippen molar-refractivity contribution in [2.24, 2.45) is 5.11 Å². The van der Waals surface area contributed by atoms with Gasteiger partial charge in [0.15, 0.2) is 0 Å². The van der Waals surface area contributed by atoms with E-state index in [9.17, 15) is 0 Å². The zero-order valence-corrected chi connectivity index (χ0v) is 9.71. The van der Waals surface area contributed by atoms with E-state index < -0.39 is 0 Å². The highest BCUT2D eigenvalue weighted by Crippen LogP contribution is 2.21. The maximum atomic E-state index is 9.05. The Morgan fingerprint density at radius 2 is 2.35 bits per heavy atom. The molecule has 0 aliphatic heterocycles. The summed E-state index contributed by atoms with van der Waals surface area (Å²) in [4.78, 5) is 2.67. The smallest absolute Gasteiger partial charge is 0.126 e. The SMILES string of the molecule is COc1ccc(CO)cc1C=CCCN=[N+]=[N-]. The van der Waals surface area contributed by atoms with E-state index in [1.54, 1.807) is 7.11 Å². The van der Waals surface area contributed by atoms with Crippen LogP contribution in [0, 0.1) is 0 Å². The lowest BCUT2D eigenvalue weighted by Gasteiger charge is -2.06. The Balaban J connectivity index is 2.76. The van der Waals surface area contributed by atoms with Crippen molar-refractivity contribution in [1.82, 2.24) is 0 Å². The van der Waals surface area contributed by atoms with Crippen LogP contribution >= 0.6 is 0 Å². The summed E-state index contributed by atoms with van der Waals surface area (Å²) in [5.74, 6) is 0.752. The number of azide groups is 1. The van der Waals surface area contributed by atoms with Crippen LogP contribution in [-0.2, 0) is 6.61 Å².